The lowest BCUT2D eigenvalue weighted by atomic mass is 9.96. The van der Waals surface area contributed by atoms with Crippen molar-refractivity contribution in [2.45, 2.75) is 19.5 Å². The van der Waals surface area contributed by atoms with Crippen LogP contribution in [0.4, 0.5) is 20.5 Å². The number of ether oxygens (including phenoxy) is 1. The van der Waals surface area contributed by atoms with E-state index in [0.717, 1.165) is 10.9 Å². The molecule has 3 heterocycles. The Kier molecular flexibility index (Phi) is 8.02. The number of morpholine rings is 1. The molecule has 2 aromatic heterocycles. The summed E-state index contributed by atoms with van der Waals surface area (Å²) in [5.74, 6) is 0.570. The zero-order valence-corrected chi connectivity index (χ0v) is 21.9. The number of anilines is 2. The number of fused-ring (bicyclic) bond motifs is 1. The van der Waals surface area contributed by atoms with Crippen LogP contribution in [0.15, 0.2) is 42.7 Å². The van der Waals surface area contributed by atoms with Crippen LogP contribution < -0.4 is 15.4 Å². The van der Waals surface area contributed by atoms with Crippen molar-refractivity contribution in [3.8, 4) is 22.5 Å². The second-order valence-corrected chi connectivity index (χ2v) is 9.88. The van der Waals surface area contributed by atoms with Crippen LogP contribution in [0, 0.1) is 12.7 Å². The summed E-state index contributed by atoms with van der Waals surface area (Å²) < 4.78 is 57.9. The SMILES string of the molecule is Cc1cc(-c2cccc(C(F)CCNS(=O)O)c2F)cc2c(N3CCOCC3)nc(-c3cnc(N)nc3)nc12. The van der Waals surface area contributed by atoms with Crippen LogP contribution in [-0.2, 0) is 16.0 Å². The quantitative estimate of drug-likeness (QED) is 0.277. The number of hydrogen-bond donors (Lipinski definition) is 3. The topological polar surface area (TPSA) is 139 Å². The molecule has 4 N–H and O–H groups in total. The van der Waals surface area contributed by atoms with E-state index in [9.17, 15) is 8.60 Å². The molecule has 0 spiro atoms. The summed E-state index contributed by atoms with van der Waals surface area (Å²) >= 11 is -2.26. The van der Waals surface area contributed by atoms with Gasteiger partial charge in [0.25, 0.3) is 0 Å². The van der Waals surface area contributed by atoms with Crippen molar-refractivity contribution >= 4 is 33.9 Å². The molecule has 1 aliphatic rings. The maximum Gasteiger partial charge on any atom is 0.231 e. The maximum atomic E-state index is 15.6. The van der Waals surface area contributed by atoms with Crippen molar-refractivity contribution in [2.24, 2.45) is 0 Å². The van der Waals surface area contributed by atoms with Gasteiger partial charge in [0.2, 0.25) is 17.2 Å². The lowest BCUT2D eigenvalue weighted by Gasteiger charge is -2.29. The first-order chi connectivity index (χ1) is 18.8. The zero-order chi connectivity index (χ0) is 27.5. The van der Waals surface area contributed by atoms with Crippen molar-refractivity contribution in [3.05, 3.63) is 59.7 Å². The second-order valence-electron chi connectivity index (χ2n) is 9.10. The first-order valence-corrected chi connectivity index (χ1v) is 13.4. The third kappa shape index (κ3) is 5.86. The fraction of sp³-hybridized carbons (Fsp3) is 0.308. The summed E-state index contributed by atoms with van der Waals surface area (Å²) in [5.41, 5.74) is 8.41. The van der Waals surface area contributed by atoms with Crippen LogP contribution in [-0.4, -0.2) is 61.5 Å². The van der Waals surface area contributed by atoms with Gasteiger partial charge in [0, 0.05) is 48.5 Å². The summed E-state index contributed by atoms with van der Waals surface area (Å²) in [6.07, 6.45) is 1.33. The number of nitrogens with zero attached hydrogens (tertiary/aromatic N) is 5. The number of alkyl halides is 1. The highest BCUT2D eigenvalue weighted by molar-refractivity contribution is 7.77. The third-order valence-electron chi connectivity index (χ3n) is 6.51. The van der Waals surface area contributed by atoms with Gasteiger partial charge in [-0.25, -0.2) is 37.6 Å². The van der Waals surface area contributed by atoms with E-state index in [0.29, 0.717) is 54.6 Å². The molecule has 13 heteroatoms. The number of rotatable bonds is 8. The number of aryl methyl sites for hydroxylation is 1. The first-order valence-electron chi connectivity index (χ1n) is 12.3. The summed E-state index contributed by atoms with van der Waals surface area (Å²) in [6.45, 7) is 4.12. The predicted molar refractivity (Wildman–Crippen MR) is 145 cm³/mol. The molecule has 1 aliphatic heterocycles. The molecule has 0 bridgehead atoms. The molecule has 4 aromatic rings. The van der Waals surface area contributed by atoms with Gasteiger partial charge < -0.3 is 15.4 Å². The predicted octanol–water partition coefficient (Wildman–Crippen LogP) is 3.75. The van der Waals surface area contributed by atoms with Crippen LogP contribution >= 0.6 is 0 Å². The van der Waals surface area contributed by atoms with E-state index in [1.165, 1.54) is 6.07 Å². The third-order valence-corrected chi connectivity index (χ3v) is 6.96. The highest BCUT2D eigenvalue weighted by Crippen LogP contribution is 2.36. The second kappa shape index (κ2) is 11.6. The minimum atomic E-state index is -2.26. The number of hydrogen-bond acceptors (Lipinski definition) is 8. The molecule has 0 aliphatic carbocycles. The van der Waals surface area contributed by atoms with Gasteiger partial charge in [0.1, 0.15) is 17.8 Å². The molecule has 204 valence electrons. The van der Waals surface area contributed by atoms with Crippen LogP contribution in [0.5, 0.6) is 0 Å². The van der Waals surface area contributed by atoms with Gasteiger partial charge in [0.05, 0.1) is 24.3 Å². The van der Waals surface area contributed by atoms with Gasteiger partial charge in [-0.15, -0.1) is 0 Å². The van der Waals surface area contributed by atoms with Crippen molar-refractivity contribution in [2.75, 3.05) is 43.5 Å². The fourth-order valence-electron chi connectivity index (χ4n) is 4.59. The van der Waals surface area contributed by atoms with Crippen molar-refractivity contribution in [1.82, 2.24) is 24.7 Å². The normalized spacial score (nSPS) is 15.4. The molecule has 2 unspecified atom stereocenters. The van der Waals surface area contributed by atoms with E-state index in [-0.39, 0.29) is 30.0 Å². The molecule has 39 heavy (non-hydrogen) atoms. The zero-order valence-electron chi connectivity index (χ0n) is 21.1. The van der Waals surface area contributed by atoms with Gasteiger partial charge in [-0.2, -0.15) is 0 Å². The van der Waals surface area contributed by atoms with E-state index in [2.05, 4.69) is 19.6 Å². The summed E-state index contributed by atoms with van der Waals surface area (Å²) in [7, 11) is 0. The Labute approximate surface area is 226 Å². The molecular formula is C26H27F2N7O3S. The number of nitrogens with two attached hydrogens (primary N) is 1. The molecule has 5 rings (SSSR count). The number of nitrogen functional groups attached to an aromatic ring is 1. The van der Waals surface area contributed by atoms with Crippen LogP contribution in [0.25, 0.3) is 33.4 Å². The Morgan fingerprint density at radius 3 is 2.64 bits per heavy atom. The monoisotopic (exact) mass is 555 g/mol. The summed E-state index contributed by atoms with van der Waals surface area (Å²) in [5, 5.41) is 0.725. The van der Waals surface area contributed by atoms with E-state index in [1.54, 1.807) is 24.5 Å². The van der Waals surface area contributed by atoms with E-state index >= 15 is 4.39 Å². The summed E-state index contributed by atoms with van der Waals surface area (Å²) in [4.78, 5) is 19.9. The molecule has 2 atom stereocenters. The maximum absolute atomic E-state index is 15.6. The van der Waals surface area contributed by atoms with Gasteiger partial charge in [0.15, 0.2) is 5.82 Å². The van der Waals surface area contributed by atoms with Crippen molar-refractivity contribution < 1.29 is 22.3 Å². The van der Waals surface area contributed by atoms with Crippen LogP contribution in [0.1, 0.15) is 23.7 Å². The van der Waals surface area contributed by atoms with E-state index in [4.69, 9.17) is 25.0 Å². The Morgan fingerprint density at radius 1 is 1.18 bits per heavy atom. The molecule has 0 saturated carbocycles. The Bertz CT molecular complexity index is 1520. The summed E-state index contributed by atoms with van der Waals surface area (Å²) in [6, 6.07) is 8.22. The van der Waals surface area contributed by atoms with E-state index < -0.39 is 23.3 Å². The standard InChI is InChI=1S/C26H27F2N7O3S/c1-15-11-16(18-3-2-4-19(22(18)28)21(27)5-6-32-39(36)37)12-20-23(15)33-24(17-13-30-26(29)31-14-17)34-25(20)35-7-9-38-10-8-35/h2-4,11-14,21,32H,5-10H2,1H3,(H,36,37)(H2,29,30,31). The van der Waals surface area contributed by atoms with Crippen LogP contribution in [0.2, 0.25) is 0 Å². The van der Waals surface area contributed by atoms with Gasteiger partial charge >= 0.3 is 0 Å². The highest BCUT2D eigenvalue weighted by atomic mass is 32.2. The lowest BCUT2D eigenvalue weighted by Crippen LogP contribution is -2.37. The Morgan fingerprint density at radius 2 is 1.92 bits per heavy atom. The average Bonchev–Trinajstić information content (AvgIpc) is 2.93. The van der Waals surface area contributed by atoms with Gasteiger partial charge in [-0.1, -0.05) is 18.2 Å². The number of halogens is 2. The van der Waals surface area contributed by atoms with Gasteiger partial charge in [-0.3, -0.25) is 4.55 Å². The number of benzene rings is 2. The highest BCUT2D eigenvalue weighted by Gasteiger charge is 2.22. The molecule has 0 amide bonds. The largest absolute Gasteiger partial charge is 0.378 e. The number of aromatic nitrogens is 4. The molecule has 1 saturated heterocycles. The smallest absolute Gasteiger partial charge is 0.231 e. The van der Waals surface area contributed by atoms with Crippen LogP contribution in [0.3, 0.4) is 0 Å². The Hall–Kier alpha value is -3.65. The molecule has 10 nitrogen and oxygen atoms in total. The molecule has 1 fully saturated rings. The van der Waals surface area contributed by atoms with Gasteiger partial charge in [-0.05, 0) is 36.6 Å². The lowest BCUT2D eigenvalue weighted by molar-refractivity contribution is 0.122. The molecule has 0 radical (unpaired) electrons. The molecular weight excluding hydrogens is 528 g/mol. The number of nitrogens with one attached hydrogen (secondary N) is 1. The Balaban J connectivity index is 1.60. The van der Waals surface area contributed by atoms with Crippen molar-refractivity contribution in [1.29, 1.82) is 0 Å². The fourth-order valence-corrected chi connectivity index (χ4v) is 4.88. The average molecular weight is 556 g/mol. The molecule has 2 aromatic carbocycles. The van der Waals surface area contributed by atoms with Crippen molar-refractivity contribution in [3.63, 3.8) is 0 Å². The van der Waals surface area contributed by atoms with E-state index in [1.807, 2.05) is 19.1 Å². The first kappa shape index (κ1) is 26.9. The minimum absolute atomic E-state index is 0.0787. The minimum Gasteiger partial charge on any atom is -0.378 e.